The Hall–Kier alpha value is -2.91. The number of nitrogens with zero attached hydrogens (tertiary/aromatic N) is 4. The molecule has 0 radical (unpaired) electrons. The van der Waals surface area contributed by atoms with Gasteiger partial charge in [-0.2, -0.15) is 9.40 Å². The van der Waals surface area contributed by atoms with E-state index in [1.807, 2.05) is 29.1 Å². The predicted octanol–water partition coefficient (Wildman–Crippen LogP) is 3.34. The van der Waals surface area contributed by atoms with E-state index in [1.165, 1.54) is 6.20 Å². The number of sulfonamides is 1. The third kappa shape index (κ3) is 4.28. The molecule has 1 aliphatic heterocycles. The van der Waals surface area contributed by atoms with Crippen LogP contribution in [0.3, 0.4) is 0 Å². The van der Waals surface area contributed by atoms with E-state index >= 15 is 0 Å². The average Bonchev–Trinajstić information content (AvgIpc) is 3.30. The molecule has 3 aromatic rings. The summed E-state index contributed by atoms with van der Waals surface area (Å²) in [6, 6.07) is 8.75. The molecule has 31 heavy (non-hydrogen) atoms. The fourth-order valence-electron chi connectivity index (χ4n) is 3.95. The highest BCUT2D eigenvalue weighted by molar-refractivity contribution is 7.89. The van der Waals surface area contributed by atoms with Crippen LogP contribution in [0, 0.1) is 6.92 Å². The van der Waals surface area contributed by atoms with Gasteiger partial charge in [-0.25, -0.2) is 8.42 Å². The lowest BCUT2D eigenvalue weighted by Gasteiger charge is -2.21. The molecular weight excluding hydrogens is 414 g/mol. The van der Waals surface area contributed by atoms with E-state index in [2.05, 4.69) is 10.4 Å². The second-order valence-corrected chi connectivity index (χ2v) is 9.75. The van der Waals surface area contributed by atoms with Crippen LogP contribution in [-0.2, 0) is 17.1 Å². The number of aryl methyl sites for hydroxylation is 2. The molecule has 0 saturated carbocycles. The lowest BCUT2D eigenvalue weighted by molar-refractivity contribution is 0.102. The molecule has 1 N–H and O–H groups in total. The largest absolute Gasteiger partial charge is 0.322 e. The monoisotopic (exact) mass is 441 g/mol. The summed E-state index contributed by atoms with van der Waals surface area (Å²) in [7, 11) is -1.85. The Balaban J connectivity index is 1.62. The first-order valence-electron chi connectivity index (χ1n) is 10.5. The Bertz CT molecular complexity index is 1170. The molecular formula is C22H27N5O3S. The molecule has 0 spiro atoms. The highest BCUT2D eigenvalue weighted by Crippen LogP contribution is 2.26. The minimum absolute atomic E-state index is 0.240. The van der Waals surface area contributed by atoms with Crippen molar-refractivity contribution < 1.29 is 13.2 Å². The van der Waals surface area contributed by atoms with Crippen molar-refractivity contribution in [3.63, 3.8) is 0 Å². The zero-order valence-electron chi connectivity index (χ0n) is 17.8. The van der Waals surface area contributed by atoms with E-state index in [1.54, 1.807) is 41.2 Å². The van der Waals surface area contributed by atoms with Gasteiger partial charge in [0.1, 0.15) is 11.4 Å². The normalized spacial score (nSPS) is 15.5. The first-order chi connectivity index (χ1) is 14.9. The molecule has 1 aromatic carbocycles. The van der Waals surface area contributed by atoms with Crippen LogP contribution in [0.25, 0.3) is 5.82 Å². The number of anilines is 1. The van der Waals surface area contributed by atoms with Gasteiger partial charge in [0, 0.05) is 38.2 Å². The number of hydrogen-bond acceptors (Lipinski definition) is 4. The number of benzene rings is 1. The van der Waals surface area contributed by atoms with Gasteiger partial charge in [0.2, 0.25) is 10.0 Å². The van der Waals surface area contributed by atoms with Crippen molar-refractivity contribution in [2.75, 3.05) is 18.4 Å². The first kappa shape index (κ1) is 21.3. The number of hydrogen-bond donors (Lipinski definition) is 1. The Morgan fingerprint density at radius 3 is 2.42 bits per heavy atom. The summed E-state index contributed by atoms with van der Waals surface area (Å²) < 4.78 is 31.6. The number of amides is 1. The van der Waals surface area contributed by atoms with Crippen molar-refractivity contribution in [1.82, 2.24) is 18.7 Å². The predicted molar refractivity (Wildman–Crippen MR) is 119 cm³/mol. The maximum atomic E-state index is 13.3. The minimum atomic E-state index is -3.62. The Labute approximate surface area is 182 Å². The molecule has 8 nitrogen and oxygen atoms in total. The molecule has 0 atom stereocenters. The van der Waals surface area contributed by atoms with Crippen molar-refractivity contribution in [3.05, 3.63) is 60.0 Å². The smallest absolute Gasteiger partial charge is 0.261 e. The molecule has 1 amide bonds. The number of carbonyl (C=O) groups is 1. The topological polar surface area (TPSA) is 89.2 Å². The van der Waals surface area contributed by atoms with Crippen LogP contribution in [0.2, 0.25) is 0 Å². The Morgan fingerprint density at radius 1 is 1.06 bits per heavy atom. The van der Waals surface area contributed by atoms with Crippen molar-refractivity contribution in [2.45, 2.75) is 37.5 Å². The summed E-state index contributed by atoms with van der Waals surface area (Å²) in [6.07, 6.45) is 9.03. The van der Waals surface area contributed by atoms with Gasteiger partial charge in [-0.1, -0.05) is 18.9 Å². The third-order valence-corrected chi connectivity index (χ3v) is 7.67. The van der Waals surface area contributed by atoms with Gasteiger partial charge in [0.15, 0.2) is 0 Å². The summed E-state index contributed by atoms with van der Waals surface area (Å²) in [5.41, 5.74) is 1.50. The van der Waals surface area contributed by atoms with E-state index in [4.69, 9.17) is 0 Å². The fourth-order valence-corrected chi connectivity index (χ4v) is 5.72. The number of nitrogens with one attached hydrogen (secondary N) is 1. The molecule has 0 bridgehead atoms. The van der Waals surface area contributed by atoms with Crippen LogP contribution in [0.5, 0.6) is 0 Å². The summed E-state index contributed by atoms with van der Waals surface area (Å²) in [6.45, 7) is 2.85. The molecule has 4 rings (SSSR count). The second kappa shape index (κ2) is 8.68. The summed E-state index contributed by atoms with van der Waals surface area (Å²) in [5.74, 6) is 0.283. The highest BCUT2D eigenvalue weighted by atomic mass is 32.2. The maximum absolute atomic E-state index is 13.3. The standard InChI is InChI=1S/C22H27N5O3S/c1-17-9-10-18(15-20(17)31(29,30)27-13-5-3-4-6-14-27)24-21(28)19-16-23-25(2)22(19)26-11-7-8-12-26/h7-12,15-16H,3-6,13-14H2,1-2H3,(H,24,28). The molecule has 0 aliphatic carbocycles. The fraction of sp³-hybridized carbons (Fsp3) is 0.364. The van der Waals surface area contributed by atoms with Crippen molar-refractivity contribution in [1.29, 1.82) is 0 Å². The SMILES string of the molecule is Cc1ccc(NC(=O)c2cnn(C)c2-n2cccc2)cc1S(=O)(=O)N1CCCCCC1. The van der Waals surface area contributed by atoms with Gasteiger partial charge in [-0.3, -0.25) is 9.48 Å². The van der Waals surface area contributed by atoms with Gasteiger partial charge in [-0.15, -0.1) is 0 Å². The van der Waals surface area contributed by atoms with E-state index in [9.17, 15) is 13.2 Å². The zero-order chi connectivity index (χ0) is 22.0. The quantitative estimate of drug-likeness (QED) is 0.658. The van der Waals surface area contributed by atoms with Crippen LogP contribution in [0.15, 0.2) is 53.8 Å². The van der Waals surface area contributed by atoms with Crippen LogP contribution in [-0.4, -0.2) is 46.1 Å². The molecule has 0 unspecified atom stereocenters. The zero-order valence-corrected chi connectivity index (χ0v) is 18.6. The van der Waals surface area contributed by atoms with Gasteiger partial charge in [0.05, 0.1) is 11.1 Å². The lowest BCUT2D eigenvalue weighted by Crippen LogP contribution is -2.32. The second-order valence-electron chi connectivity index (χ2n) is 7.85. The number of rotatable bonds is 5. The third-order valence-electron chi connectivity index (χ3n) is 5.63. The van der Waals surface area contributed by atoms with Crippen LogP contribution >= 0.6 is 0 Å². The van der Waals surface area contributed by atoms with Crippen molar-refractivity contribution >= 4 is 21.6 Å². The van der Waals surface area contributed by atoms with Crippen molar-refractivity contribution in [3.8, 4) is 5.82 Å². The van der Waals surface area contributed by atoms with Gasteiger partial charge in [0.25, 0.3) is 5.91 Å². The molecule has 1 fully saturated rings. The molecule has 1 aliphatic rings. The van der Waals surface area contributed by atoms with Crippen molar-refractivity contribution in [2.24, 2.45) is 7.05 Å². The minimum Gasteiger partial charge on any atom is -0.322 e. The molecule has 3 heterocycles. The average molecular weight is 442 g/mol. The van der Waals surface area contributed by atoms with E-state index < -0.39 is 10.0 Å². The lowest BCUT2D eigenvalue weighted by atomic mass is 10.2. The summed E-state index contributed by atoms with van der Waals surface area (Å²) >= 11 is 0. The number of aromatic nitrogens is 3. The highest BCUT2D eigenvalue weighted by Gasteiger charge is 2.27. The van der Waals surface area contributed by atoms with Crippen LogP contribution in [0.4, 0.5) is 5.69 Å². The Morgan fingerprint density at radius 2 is 1.74 bits per heavy atom. The summed E-state index contributed by atoms with van der Waals surface area (Å²) in [4.78, 5) is 13.2. The maximum Gasteiger partial charge on any atom is 0.261 e. The molecule has 1 saturated heterocycles. The van der Waals surface area contributed by atoms with Crippen LogP contribution in [0.1, 0.15) is 41.6 Å². The van der Waals surface area contributed by atoms with Gasteiger partial charge >= 0.3 is 0 Å². The van der Waals surface area contributed by atoms with Crippen LogP contribution < -0.4 is 5.32 Å². The molecule has 164 valence electrons. The van der Waals surface area contributed by atoms with Gasteiger partial charge < -0.3 is 9.88 Å². The van der Waals surface area contributed by atoms with Gasteiger partial charge in [-0.05, 0) is 49.6 Å². The van der Waals surface area contributed by atoms with E-state index in [-0.39, 0.29) is 10.8 Å². The number of carbonyl (C=O) groups excluding carboxylic acids is 1. The molecule has 9 heteroatoms. The summed E-state index contributed by atoms with van der Waals surface area (Å²) in [5, 5.41) is 7.05. The molecule has 2 aromatic heterocycles. The van der Waals surface area contributed by atoms with E-state index in [0.717, 1.165) is 25.7 Å². The van der Waals surface area contributed by atoms with E-state index in [0.29, 0.717) is 35.7 Å². The Kier molecular flexibility index (Phi) is 5.97. The first-order valence-corrected chi connectivity index (χ1v) is 11.9.